The van der Waals surface area contributed by atoms with Crippen molar-refractivity contribution in [3.05, 3.63) is 29.8 Å². The van der Waals surface area contributed by atoms with Gasteiger partial charge in [-0.2, -0.15) is 0 Å². The molecule has 1 unspecified atom stereocenters. The number of carbonyl (C=O) groups is 2. The summed E-state index contributed by atoms with van der Waals surface area (Å²) in [7, 11) is 0. The predicted octanol–water partition coefficient (Wildman–Crippen LogP) is 3.20. The number of amides is 1. The maximum Gasteiger partial charge on any atom is 0.340 e. The van der Waals surface area contributed by atoms with Crippen LogP contribution in [0, 0.1) is 17.8 Å². The molecule has 0 heterocycles. The predicted molar refractivity (Wildman–Crippen MR) is 94.7 cm³/mol. The van der Waals surface area contributed by atoms with Crippen molar-refractivity contribution in [3.8, 4) is 0 Å². The van der Waals surface area contributed by atoms with Crippen molar-refractivity contribution >= 4 is 17.6 Å². The van der Waals surface area contributed by atoms with Gasteiger partial charge in [0.1, 0.15) is 6.10 Å². The Hall–Kier alpha value is -1.88. The minimum Gasteiger partial charge on any atom is -0.458 e. The highest BCUT2D eigenvalue weighted by Crippen LogP contribution is 2.36. The highest BCUT2D eigenvalue weighted by Gasteiger charge is 2.34. The average molecular weight is 332 g/mol. The van der Waals surface area contributed by atoms with Crippen molar-refractivity contribution in [2.24, 2.45) is 23.5 Å². The van der Waals surface area contributed by atoms with Crippen LogP contribution in [0.2, 0.25) is 0 Å². The topological polar surface area (TPSA) is 81.4 Å². The van der Waals surface area contributed by atoms with E-state index in [1.807, 2.05) is 0 Å². The largest absolute Gasteiger partial charge is 0.458 e. The number of nitrogens with two attached hydrogens (primary N) is 1. The lowest BCUT2D eigenvalue weighted by atomic mass is 9.75. The van der Waals surface area contributed by atoms with Crippen molar-refractivity contribution in [3.63, 3.8) is 0 Å². The molecule has 0 radical (unpaired) electrons. The summed E-state index contributed by atoms with van der Waals surface area (Å²) >= 11 is 0. The van der Waals surface area contributed by atoms with Crippen LogP contribution in [0.1, 0.15) is 50.4 Å². The first-order valence-electron chi connectivity index (χ1n) is 8.72. The first-order valence-corrected chi connectivity index (χ1v) is 8.72. The third-order valence-corrected chi connectivity index (χ3v) is 4.83. The smallest absolute Gasteiger partial charge is 0.340 e. The Kier molecular flexibility index (Phi) is 6.37. The van der Waals surface area contributed by atoms with E-state index in [0.29, 0.717) is 29.0 Å². The molecule has 5 heteroatoms. The zero-order valence-corrected chi connectivity index (χ0v) is 14.7. The number of rotatable bonds is 5. The monoisotopic (exact) mass is 332 g/mol. The summed E-state index contributed by atoms with van der Waals surface area (Å²) in [5.41, 5.74) is 6.16. The van der Waals surface area contributed by atoms with Crippen molar-refractivity contribution < 1.29 is 14.3 Å². The molecule has 0 saturated heterocycles. The fourth-order valence-electron chi connectivity index (χ4n) is 3.42. The molecule has 0 spiro atoms. The maximum atomic E-state index is 12.7. The molecular formula is C19H28N2O3. The molecule has 132 valence electrons. The minimum absolute atomic E-state index is 0.0699. The average Bonchev–Trinajstić information content (AvgIpc) is 2.54. The molecule has 0 aromatic heterocycles. The molecule has 1 aliphatic carbocycles. The van der Waals surface area contributed by atoms with E-state index in [0.717, 1.165) is 12.8 Å². The Labute approximate surface area is 143 Å². The van der Waals surface area contributed by atoms with Crippen LogP contribution in [0.5, 0.6) is 0 Å². The second-order valence-electron chi connectivity index (χ2n) is 7.07. The maximum absolute atomic E-state index is 12.7. The Morgan fingerprint density at radius 2 is 2.00 bits per heavy atom. The number of benzene rings is 1. The number of para-hydroxylation sites is 1. The van der Waals surface area contributed by atoms with Gasteiger partial charge in [-0.15, -0.1) is 0 Å². The van der Waals surface area contributed by atoms with E-state index < -0.39 is 0 Å². The van der Waals surface area contributed by atoms with E-state index in [4.69, 9.17) is 10.5 Å². The van der Waals surface area contributed by atoms with Crippen LogP contribution in [0.3, 0.4) is 0 Å². The molecule has 3 atom stereocenters. The van der Waals surface area contributed by atoms with E-state index in [1.54, 1.807) is 24.3 Å². The molecule has 1 fully saturated rings. The molecule has 1 amide bonds. The summed E-state index contributed by atoms with van der Waals surface area (Å²) < 4.78 is 5.86. The molecule has 3 N–H and O–H groups in total. The SMILES string of the molecule is CC(C)[C@@H]1CC[C@@H](C)CC1OC(=O)c1ccccc1NC(=O)CN. The summed E-state index contributed by atoms with van der Waals surface area (Å²) in [6.45, 7) is 6.43. The van der Waals surface area contributed by atoms with Gasteiger partial charge >= 0.3 is 5.97 Å². The summed E-state index contributed by atoms with van der Waals surface area (Å²) in [6, 6.07) is 6.89. The van der Waals surface area contributed by atoms with Gasteiger partial charge in [0.05, 0.1) is 17.8 Å². The van der Waals surface area contributed by atoms with Crippen LogP contribution in [0.25, 0.3) is 0 Å². The van der Waals surface area contributed by atoms with Crippen molar-refractivity contribution in [1.29, 1.82) is 0 Å². The highest BCUT2D eigenvalue weighted by atomic mass is 16.5. The Bertz CT molecular complexity index is 586. The Balaban J connectivity index is 2.15. The van der Waals surface area contributed by atoms with E-state index in [1.165, 1.54) is 6.42 Å². The number of nitrogens with one attached hydrogen (secondary N) is 1. The summed E-state index contributed by atoms with van der Waals surface area (Å²) in [6.07, 6.45) is 3.09. The van der Waals surface area contributed by atoms with Gasteiger partial charge in [0.15, 0.2) is 0 Å². The minimum atomic E-state index is -0.382. The third-order valence-electron chi connectivity index (χ3n) is 4.83. The van der Waals surface area contributed by atoms with Gasteiger partial charge in [-0.3, -0.25) is 4.79 Å². The fraction of sp³-hybridized carbons (Fsp3) is 0.579. The lowest BCUT2D eigenvalue weighted by Gasteiger charge is -2.36. The van der Waals surface area contributed by atoms with Crippen LogP contribution >= 0.6 is 0 Å². The van der Waals surface area contributed by atoms with Gasteiger partial charge in [-0.1, -0.05) is 39.3 Å². The molecular weight excluding hydrogens is 304 g/mol. The number of hydrogen-bond donors (Lipinski definition) is 2. The van der Waals surface area contributed by atoms with Gasteiger partial charge in [-0.05, 0) is 42.7 Å². The molecule has 5 nitrogen and oxygen atoms in total. The first kappa shape index (κ1) is 18.5. The Morgan fingerprint density at radius 3 is 2.67 bits per heavy atom. The number of carbonyl (C=O) groups excluding carboxylic acids is 2. The molecule has 0 aliphatic heterocycles. The number of anilines is 1. The number of hydrogen-bond acceptors (Lipinski definition) is 4. The third kappa shape index (κ3) is 4.57. The zero-order valence-electron chi connectivity index (χ0n) is 14.7. The molecule has 2 rings (SSSR count). The molecule has 1 saturated carbocycles. The van der Waals surface area contributed by atoms with Crippen molar-refractivity contribution in [2.75, 3.05) is 11.9 Å². The van der Waals surface area contributed by atoms with Crippen LogP contribution in [0.4, 0.5) is 5.69 Å². The summed E-state index contributed by atoms with van der Waals surface area (Å²) in [5.74, 6) is 0.706. The van der Waals surface area contributed by atoms with E-state index in [-0.39, 0.29) is 24.5 Å². The van der Waals surface area contributed by atoms with Crippen LogP contribution in [-0.2, 0) is 9.53 Å². The molecule has 1 aromatic carbocycles. The molecule has 0 bridgehead atoms. The fourth-order valence-corrected chi connectivity index (χ4v) is 3.42. The van der Waals surface area contributed by atoms with Crippen LogP contribution < -0.4 is 11.1 Å². The van der Waals surface area contributed by atoms with E-state index >= 15 is 0 Å². The zero-order chi connectivity index (χ0) is 17.7. The summed E-state index contributed by atoms with van der Waals surface area (Å²) in [4.78, 5) is 24.2. The summed E-state index contributed by atoms with van der Waals surface area (Å²) in [5, 5.41) is 2.66. The normalized spacial score (nSPS) is 23.8. The van der Waals surface area contributed by atoms with Gasteiger partial charge in [0, 0.05) is 0 Å². The number of esters is 1. The van der Waals surface area contributed by atoms with Gasteiger partial charge in [-0.25, -0.2) is 4.79 Å². The van der Waals surface area contributed by atoms with E-state index in [2.05, 4.69) is 26.1 Å². The van der Waals surface area contributed by atoms with E-state index in [9.17, 15) is 9.59 Å². The van der Waals surface area contributed by atoms with Gasteiger partial charge < -0.3 is 15.8 Å². The van der Waals surface area contributed by atoms with Gasteiger partial charge in [0.25, 0.3) is 0 Å². The standard InChI is InChI=1S/C19H28N2O3/c1-12(2)14-9-8-13(3)10-17(14)24-19(23)15-6-4-5-7-16(15)21-18(22)11-20/h4-7,12-14,17H,8-11,20H2,1-3H3,(H,21,22)/t13-,14+,17?/m1/s1. The van der Waals surface area contributed by atoms with Crippen LogP contribution in [0.15, 0.2) is 24.3 Å². The quantitative estimate of drug-likeness (QED) is 0.811. The highest BCUT2D eigenvalue weighted by molar-refractivity contribution is 6.01. The second kappa shape index (κ2) is 8.29. The number of ether oxygens (including phenoxy) is 1. The van der Waals surface area contributed by atoms with Crippen molar-refractivity contribution in [1.82, 2.24) is 0 Å². The lowest BCUT2D eigenvalue weighted by Crippen LogP contribution is -2.36. The molecule has 24 heavy (non-hydrogen) atoms. The molecule has 1 aliphatic rings. The first-order chi connectivity index (χ1) is 11.4. The Morgan fingerprint density at radius 1 is 1.29 bits per heavy atom. The molecule has 1 aromatic rings. The van der Waals surface area contributed by atoms with Crippen molar-refractivity contribution in [2.45, 2.75) is 46.1 Å². The second-order valence-corrected chi connectivity index (χ2v) is 7.07. The van der Waals surface area contributed by atoms with Gasteiger partial charge in [0.2, 0.25) is 5.91 Å². The van der Waals surface area contributed by atoms with Crippen LogP contribution in [-0.4, -0.2) is 24.5 Å². The lowest BCUT2D eigenvalue weighted by molar-refractivity contribution is -0.114.